The van der Waals surface area contributed by atoms with Crippen molar-refractivity contribution >= 4 is 17.3 Å². The van der Waals surface area contributed by atoms with Crippen molar-refractivity contribution < 1.29 is 23.9 Å². The first-order valence-corrected chi connectivity index (χ1v) is 9.54. The smallest absolute Gasteiger partial charge is 0.271 e. The molecule has 0 aromatic heterocycles. The van der Waals surface area contributed by atoms with Crippen LogP contribution in [0, 0.1) is 10.1 Å². The molecule has 0 bridgehead atoms. The number of methoxy groups -OCH3 is 2. The number of nitrogens with zero attached hydrogens (tertiary/aromatic N) is 2. The predicted molar refractivity (Wildman–Crippen MR) is 114 cm³/mol. The third-order valence-corrected chi connectivity index (χ3v) is 5.12. The molecule has 1 heterocycles. The Balaban J connectivity index is 1.75. The molecule has 0 unspecified atom stereocenters. The molecule has 0 radical (unpaired) electrons. The Morgan fingerprint density at radius 1 is 0.903 bits per heavy atom. The molecule has 1 aliphatic rings. The van der Waals surface area contributed by atoms with Crippen LogP contribution in [0.4, 0.5) is 11.4 Å². The van der Waals surface area contributed by atoms with E-state index in [2.05, 4.69) is 0 Å². The standard InChI is InChI=1S/C23H20N2O6/c1-29-19-12-11-15(13-20(19)30-2)21-22(31-18-9-4-3-5-10-18)23(26)24(21)16-7-6-8-17(14-16)25(27)28/h3-14,21-22H,1-2H3/t21-,22-/m0/s1. The molecule has 3 aromatic carbocycles. The molecule has 1 amide bonds. The summed E-state index contributed by atoms with van der Waals surface area (Å²) < 4.78 is 16.7. The van der Waals surface area contributed by atoms with Crippen molar-refractivity contribution in [2.45, 2.75) is 12.1 Å². The summed E-state index contributed by atoms with van der Waals surface area (Å²) in [5, 5.41) is 11.2. The maximum atomic E-state index is 13.1. The number of nitro benzene ring substituents is 1. The Morgan fingerprint density at radius 3 is 2.32 bits per heavy atom. The van der Waals surface area contributed by atoms with Gasteiger partial charge in [0, 0.05) is 12.1 Å². The average Bonchev–Trinajstić information content (AvgIpc) is 2.81. The van der Waals surface area contributed by atoms with Crippen LogP contribution in [-0.4, -0.2) is 31.2 Å². The van der Waals surface area contributed by atoms with Crippen LogP contribution < -0.4 is 19.1 Å². The van der Waals surface area contributed by atoms with Gasteiger partial charge in [-0.1, -0.05) is 30.3 Å². The van der Waals surface area contributed by atoms with Crippen LogP contribution in [0.15, 0.2) is 72.8 Å². The van der Waals surface area contributed by atoms with Gasteiger partial charge in [0.25, 0.3) is 11.6 Å². The SMILES string of the molecule is COc1ccc([C@H]2[C@H](Oc3ccccc3)C(=O)N2c2cccc([N+](=O)[O-])c2)cc1OC. The molecular weight excluding hydrogens is 400 g/mol. The quantitative estimate of drug-likeness (QED) is 0.324. The highest BCUT2D eigenvalue weighted by Gasteiger charge is 2.51. The first-order chi connectivity index (χ1) is 15.0. The highest BCUT2D eigenvalue weighted by Crippen LogP contribution is 2.44. The predicted octanol–water partition coefficient (Wildman–Crippen LogP) is 4.15. The lowest BCUT2D eigenvalue weighted by molar-refractivity contribution is -0.384. The molecule has 0 spiro atoms. The van der Waals surface area contributed by atoms with Crippen molar-refractivity contribution in [1.29, 1.82) is 0 Å². The average molecular weight is 420 g/mol. The fourth-order valence-corrected chi connectivity index (χ4v) is 3.63. The first kappa shape index (κ1) is 20.2. The maximum absolute atomic E-state index is 13.1. The topological polar surface area (TPSA) is 91.1 Å². The third-order valence-electron chi connectivity index (χ3n) is 5.12. The molecular formula is C23H20N2O6. The fraction of sp³-hybridized carbons (Fsp3) is 0.174. The largest absolute Gasteiger partial charge is 0.493 e. The zero-order valence-electron chi connectivity index (χ0n) is 16.9. The zero-order valence-corrected chi connectivity index (χ0v) is 16.9. The summed E-state index contributed by atoms with van der Waals surface area (Å²) in [6.45, 7) is 0. The molecule has 1 aliphatic heterocycles. The number of rotatable bonds is 7. The van der Waals surface area contributed by atoms with Gasteiger partial charge >= 0.3 is 0 Å². The lowest BCUT2D eigenvalue weighted by atomic mass is 9.89. The molecule has 0 saturated carbocycles. The number of para-hydroxylation sites is 1. The Kier molecular flexibility index (Phi) is 5.44. The van der Waals surface area contributed by atoms with Crippen LogP contribution >= 0.6 is 0 Å². The van der Waals surface area contributed by atoms with Crippen molar-refractivity contribution in [3.05, 3.63) is 88.5 Å². The van der Waals surface area contributed by atoms with E-state index in [1.54, 1.807) is 43.5 Å². The number of carbonyl (C=O) groups is 1. The number of β-lactam (4-membered cyclic amide) rings is 1. The summed E-state index contributed by atoms with van der Waals surface area (Å²) in [6.07, 6.45) is -0.792. The number of amides is 1. The molecule has 3 aromatic rings. The number of benzene rings is 3. The van der Waals surface area contributed by atoms with E-state index in [4.69, 9.17) is 14.2 Å². The van der Waals surface area contributed by atoms with Crippen molar-refractivity contribution in [2.75, 3.05) is 19.1 Å². The highest BCUT2D eigenvalue weighted by molar-refractivity contribution is 6.05. The second kappa shape index (κ2) is 8.35. The number of ether oxygens (including phenoxy) is 3. The van der Waals surface area contributed by atoms with Gasteiger partial charge in [-0.2, -0.15) is 0 Å². The van der Waals surface area contributed by atoms with E-state index in [-0.39, 0.29) is 11.6 Å². The van der Waals surface area contributed by atoms with Crippen molar-refractivity contribution in [3.63, 3.8) is 0 Å². The number of anilines is 1. The fourth-order valence-electron chi connectivity index (χ4n) is 3.63. The van der Waals surface area contributed by atoms with Gasteiger partial charge in [0.2, 0.25) is 6.10 Å². The summed E-state index contributed by atoms with van der Waals surface area (Å²) in [7, 11) is 3.07. The molecule has 2 atom stereocenters. The van der Waals surface area contributed by atoms with Crippen molar-refractivity contribution in [3.8, 4) is 17.2 Å². The van der Waals surface area contributed by atoms with Crippen molar-refractivity contribution in [1.82, 2.24) is 0 Å². The Morgan fingerprint density at radius 2 is 1.65 bits per heavy atom. The van der Waals surface area contributed by atoms with Crippen LogP contribution in [0.1, 0.15) is 11.6 Å². The molecule has 8 nitrogen and oxygen atoms in total. The Bertz CT molecular complexity index is 1120. The Labute approximate surface area is 178 Å². The minimum atomic E-state index is -0.792. The van der Waals surface area contributed by atoms with Gasteiger partial charge in [-0.15, -0.1) is 0 Å². The van der Waals surface area contributed by atoms with Crippen LogP contribution in [-0.2, 0) is 4.79 Å². The molecule has 158 valence electrons. The summed E-state index contributed by atoms with van der Waals surface area (Å²) in [5.41, 5.74) is 1.08. The van der Waals surface area contributed by atoms with Gasteiger partial charge in [0.15, 0.2) is 11.5 Å². The third kappa shape index (κ3) is 3.75. The minimum absolute atomic E-state index is 0.0937. The first-order valence-electron chi connectivity index (χ1n) is 9.54. The summed E-state index contributed by atoms with van der Waals surface area (Å²) in [5.74, 6) is 1.34. The van der Waals surface area contributed by atoms with E-state index in [9.17, 15) is 14.9 Å². The van der Waals surface area contributed by atoms with Gasteiger partial charge in [-0.05, 0) is 35.9 Å². The summed E-state index contributed by atoms with van der Waals surface area (Å²) in [4.78, 5) is 25.3. The van der Waals surface area contributed by atoms with E-state index in [1.165, 1.54) is 24.1 Å². The monoisotopic (exact) mass is 420 g/mol. The molecule has 1 fully saturated rings. The number of carbonyl (C=O) groups excluding carboxylic acids is 1. The molecule has 31 heavy (non-hydrogen) atoms. The van der Waals surface area contributed by atoms with Gasteiger partial charge in [0.1, 0.15) is 11.8 Å². The summed E-state index contributed by atoms with van der Waals surface area (Å²) in [6, 6.07) is 19.9. The lowest BCUT2D eigenvalue weighted by Gasteiger charge is -2.46. The number of non-ortho nitro benzene ring substituents is 1. The Hall–Kier alpha value is -4.07. The van der Waals surface area contributed by atoms with Gasteiger partial charge < -0.3 is 14.2 Å². The van der Waals surface area contributed by atoms with Crippen LogP contribution in [0.25, 0.3) is 0 Å². The number of hydrogen-bond donors (Lipinski definition) is 0. The molecule has 1 saturated heterocycles. The van der Waals surface area contributed by atoms with Crippen LogP contribution in [0.5, 0.6) is 17.2 Å². The minimum Gasteiger partial charge on any atom is -0.493 e. The number of hydrogen-bond acceptors (Lipinski definition) is 6. The van der Waals surface area contributed by atoms with Gasteiger partial charge in [-0.25, -0.2) is 0 Å². The van der Waals surface area contributed by atoms with Crippen LogP contribution in [0.3, 0.4) is 0 Å². The second-order valence-electron chi connectivity index (χ2n) is 6.90. The zero-order chi connectivity index (χ0) is 22.0. The lowest BCUT2D eigenvalue weighted by Crippen LogP contribution is -2.61. The molecule has 0 N–H and O–H groups in total. The normalized spacial score (nSPS) is 17.6. The van der Waals surface area contributed by atoms with E-state index >= 15 is 0 Å². The number of nitro groups is 1. The summed E-state index contributed by atoms with van der Waals surface area (Å²) >= 11 is 0. The van der Waals surface area contributed by atoms with Crippen LogP contribution in [0.2, 0.25) is 0 Å². The highest BCUT2D eigenvalue weighted by atomic mass is 16.6. The van der Waals surface area contributed by atoms with E-state index in [0.717, 1.165) is 5.56 Å². The van der Waals surface area contributed by atoms with Crippen molar-refractivity contribution in [2.24, 2.45) is 0 Å². The molecule has 8 heteroatoms. The van der Waals surface area contributed by atoms with Gasteiger partial charge in [0.05, 0.1) is 24.8 Å². The maximum Gasteiger partial charge on any atom is 0.271 e. The molecule has 4 rings (SSSR count). The van der Waals surface area contributed by atoms with Gasteiger partial charge in [-0.3, -0.25) is 19.8 Å². The van der Waals surface area contributed by atoms with E-state index in [0.29, 0.717) is 22.9 Å². The van der Waals surface area contributed by atoms with E-state index < -0.39 is 17.1 Å². The van der Waals surface area contributed by atoms with E-state index in [1.807, 2.05) is 24.3 Å². The molecule has 0 aliphatic carbocycles. The second-order valence-corrected chi connectivity index (χ2v) is 6.90.